The standard InChI is InChI=1S/C26H25N3O4.C24H21N3O4.C22H23N3O5.C21H21N3O5.C18H17BrN2O4/c1-26(2,17-33-23-13-14-27-22-15-20(32-3)10-11-21(22)23)29-16-19(9-12-24(29)30)28-25(31)18-7-5-4-6-8-18;1-30-19-8-9-20-21(15-19)25-12-11-22(20)31-14-13-27-16-18(7-10-23(27)28)26-24(29)17-5-3-2-4-6-17;1-29-17-4-5-18-19(12-17)23-9-8-20(18)30-11-10-24-13-15(2-6-21(24)27)25-16(14-26)3-7-22(25)28;1-28-15-3-4-16-17(12-15)22-8-6-19(16)29-11-10-23-13-14(2-5-20(23)26)24-9-7-18(25)21(24)27;1-24-16-9-13-14(10-17(16)25-2)20(6-5-15(13)22)7-8-21-11-12(19)3-4-18(21)23/h4-16H,17H2,1-3H3,(H,28,31);2-12,15-16H,13-14H2,1H3,(H,26,29);2,4-6,8-9,12-13,16,26H,3,7,10-11,14H2,1H3;2-6,8,12-13,18,25H,7,9-11H2,1H3;3-6,9-11H,7-8H2,1-2H3/t;;16-;18-;/m..10./s1. The van der Waals surface area contributed by atoms with E-state index in [1.54, 1.807) is 227 Å². The molecule has 7 aromatic carbocycles. The Hall–Kier alpha value is -17.6. The van der Waals surface area contributed by atoms with Crippen molar-refractivity contribution in [2.75, 3.05) is 103 Å². The van der Waals surface area contributed by atoms with Crippen LogP contribution in [0.3, 0.4) is 0 Å². The van der Waals surface area contributed by atoms with Gasteiger partial charge in [0.25, 0.3) is 45.5 Å². The minimum Gasteiger partial charge on any atom is -0.497 e. The summed E-state index contributed by atoms with van der Waals surface area (Å²) in [6.07, 6.45) is 17.1. The number of aliphatic hydroxyl groups is 2. The number of nitrogens with one attached hydrogen (secondary N) is 2. The maximum absolute atomic E-state index is 12.6. The zero-order valence-corrected chi connectivity index (χ0v) is 83.7. The fourth-order valence-corrected chi connectivity index (χ4v) is 16.9. The van der Waals surface area contributed by atoms with Crippen LogP contribution in [0, 0.1) is 0 Å². The molecule has 19 rings (SSSR count). The number of hydrogen-bond donors (Lipinski definition) is 4. The molecule has 2 aliphatic heterocycles. The van der Waals surface area contributed by atoms with Crippen LogP contribution in [0.25, 0.3) is 54.5 Å². The summed E-state index contributed by atoms with van der Waals surface area (Å²) in [5.41, 5.74) is 5.53. The molecule has 36 nitrogen and oxygen atoms in total. The second kappa shape index (κ2) is 49.1. The van der Waals surface area contributed by atoms with Gasteiger partial charge in [-0.1, -0.05) is 36.4 Å². The lowest BCUT2D eigenvalue weighted by Gasteiger charge is -2.28. The van der Waals surface area contributed by atoms with Crippen LogP contribution in [0.15, 0.2) is 332 Å². The molecular formula is C111H107BrN14O22. The molecule has 2 atom stereocenters. The van der Waals surface area contributed by atoms with Gasteiger partial charge in [0.1, 0.15) is 78.5 Å². The van der Waals surface area contributed by atoms with Crippen molar-refractivity contribution in [2.45, 2.75) is 83.5 Å². The summed E-state index contributed by atoms with van der Waals surface area (Å²) in [6.45, 7) is 7.16. The number of nitrogens with zero attached hydrogens (tertiary/aromatic N) is 12. The number of carbonyl (C=O) groups is 4. The number of amides is 4. The Morgan fingerprint density at radius 3 is 1.27 bits per heavy atom. The molecule has 0 saturated carbocycles. The monoisotopic (exact) mass is 2070 g/mol. The fourth-order valence-electron chi connectivity index (χ4n) is 16.5. The minimum absolute atomic E-state index is 0.0471. The number of hydrogen-bond acceptors (Lipinski definition) is 26. The number of aliphatic hydroxyl groups excluding tert-OH is 2. The predicted octanol–water partition coefficient (Wildman–Crippen LogP) is 14.4. The molecule has 0 unspecified atom stereocenters. The van der Waals surface area contributed by atoms with Crippen molar-refractivity contribution in [2.24, 2.45) is 0 Å². The Kier molecular flexibility index (Phi) is 34.8. The van der Waals surface area contributed by atoms with Crippen molar-refractivity contribution in [1.82, 2.24) is 47.3 Å². The van der Waals surface area contributed by atoms with Gasteiger partial charge in [-0.2, -0.15) is 0 Å². The first-order valence-corrected chi connectivity index (χ1v) is 47.8. The van der Waals surface area contributed by atoms with Crippen molar-refractivity contribution >= 4 is 117 Å². The lowest BCUT2D eigenvalue weighted by atomic mass is 10.1. The number of halogens is 1. The highest BCUT2D eigenvalue weighted by atomic mass is 79.9. The third-order valence-electron chi connectivity index (χ3n) is 24.4. The lowest BCUT2D eigenvalue weighted by Crippen LogP contribution is -2.40. The molecule has 4 amide bonds. The lowest BCUT2D eigenvalue weighted by molar-refractivity contribution is -0.124. The van der Waals surface area contributed by atoms with Crippen molar-refractivity contribution in [3.05, 3.63) is 376 Å². The predicted molar refractivity (Wildman–Crippen MR) is 566 cm³/mol. The van der Waals surface area contributed by atoms with E-state index in [2.05, 4.69) is 46.5 Å². The Bertz CT molecular complexity index is 8060. The van der Waals surface area contributed by atoms with Gasteiger partial charge in [0.2, 0.25) is 5.91 Å². The van der Waals surface area contributed by atoms with Crippen molar-refractivity contribution in [1.29, 1.82) is 0 Å². The van der Waals surface area contributed by atoms with Gasteiger partial charge in [-0.05, 0) is 170 Å². The van der Waals surface area contributed by atoms with E-state index in [-0.39, 0.29) is 95.9 Å². The van der Waals surface area contributed by atoms with Crippen molar-refractivity contribution in [3.63, 3.8) is 0 Å². The normalized spacial score (nSPS) is 13.1. The molecule has 2 saturated heterocycles. The van der Waals surface area contributed by atoms with Crippen LogP contribution >= 0.6 is 15.9 Å². The second-order valence-corrected chi connectivity index (χ2v) is 35.3. The number of aromatic nitrogens is 10. The van der Waals surface area contributed by atoms with Gasteiger partial charge in [-0.15, -0.1) is 0 Å². The van der Waals surface area contributed by atoms with E-state index in [9.17, 15) is 58.2 Å². The molecule has 0 radical (unpaired) electrons. The summed E-state index contributed by atoms with van der Waals surface area (Å²) < 4.78 is 65.9. The minimum atomic E-state index is -0.975. The molecular weight excluding hydrogens is 1960 g/mol. The van der Waals surface area contributed by atoms with Gasteiger partial charge in [-0.25, -0.2) is 0 Å². The first kappa shape index (κ1) is 105. The van der Waals surface area contributed by atoms with E-state index >= 15 is 0 Å². The molecule has 12 heterocycles. The van der Waals surface area contributed by atoms with E-state index in [1.807, 2.05) is 103 Å². The van der Waals surface area contributed by atoms with E-state index in [4.69, 9.17) is 47.4 Å². The molecule has 37 heteroatoms. The summed E-state index contributed by atoms with van der Waals surface area (Å²) in [5.74, 6) is 5.73. The molecule has 148 heavy (non-hydrogen) atoms. The zero-order chi connectivity index (χ0) is 104. The summed E-state index contributed by atoms with van der Waals surface area (Å²) in [7, 11) is 9.50. The third-order valence-corrected chi connectivity index (χ3v) is 24.8. The van der Waals surface area contributed by atoms with Crippen LogP contribution in [0.5, 0.6) is 57.5 Å². The summed E-state index contributed by atoms with van der Waals surface area (Å²) in [4.78, 5) is 143. The molecule has 0 spiro atoms. The van der Waals surface area contributed by atoms with Gasteiger partial charge in [0, 0.05) is 204 Å². The quantitative estimate of drug-likeness (QED) is 0.0304. The molecule has 0 bridgehead atoms. The highest BCUT2D eigenvalue weighted by molar-refractivity contribution is 9.10. The van der Waals surface area contributed by atoms with Crippen LogP contribution in [0.4, 0.5) is 22.7 Å². The smallest absolute Gasteiger partial charge is 0.255 e. The topological polar surface area (TPSA) is 415 Å². The number of aryl methyl sites for hydroxylation is 2. The van der Waals surface area contributed by atoms with Gasteiger partial charge < -0.3 is 105 Å². The van der Waals surface area contributed by atoms with E-state index in [0.717, 1.165) is 59.4 Å². The van der Waals surface area contributed by atoms with Gasteiger partial charge >= 0.3 is 0 Å². The number of ether oxygens (including phenoxy) is 10. The van der Waals surface area contributed by atoms with Crippen molar-refractivity contribution in [3.8, 4) is 57.5 Å². The largest absolute Gasteiger partial charge is 0.497 e. The maximum Gasteiger partial charge on any atom is 0.255 e. The number of anilines is 4. The van der Waals surface area contributed by atoms with E-state index < -0.39 is 11.6 Å². The Morgan fingerprint density at radius 1 is 0.405 bits per heavy atom. The average molecular weight is 2070 g/mol. The van der Waals surface area contributed by atoms with E-state index in [1.165, 1.54) is 62.1 Å². The maximum atomic E-state index is 12.6. The van der Waals surface area contributed by atoms with Crippen LogP contribution in [-0.2, 0) is 47.9 Å². The third kappa shape index (κ3) is 26.0. The molecule has 0 aliphatic carbocycles. The van der Waals surface area contributed by atoms with Crippen LogP contribution in [-0.4, -0.2) is 176 Å². The molecule has 2 fully saturated rings. The number of fused-ring (bicyclic) bond motifs is 5. The summed E-state index contributed by atoms with van der Waals surface area (Å²) in [5, 5.41) is 28.8. The zero-order valence-electron chi connectivity index (χ0n) is 82.1. The number of rotatable bonds is 32. The number of pyridine rings is 10. The van der Waals surface area contributed by atoms with Gasteiger partial charge in [0.15, 0.2) is 16.9 Å². The number of carbonyl (C=O) groups excluding carboxylic acids is 4. The van der Waals surface area contributed by atoms with Crippen LogP contribution in [0.1, 0.15) is 53.8 Å². The molecule has 10 aromatic heterocycles. The van der Waals surface area contributed by atoms with E-state index in [0.29, 0.717) is 150 Å². The van der Waals surface area contributed by atoms with Crippen LogP contribution < -0.4 is 101 Å². The average Bonchev–Trinajstić information content (AvgIpc) is 0.902. The number of benzene rings is 7. The fraction of sp³-hybridized carbons (Fsp3) is 0.225. The molecule has 4 N–H and O–H groups in total. The molecule has 17 aromatic rings. The Labute approximate surface area is 855 Å². The summed E-state index contributed by atoms with van der Waals surface area (Å²) >= 11 is 3.37. The highest BCUT2D eigenvalue weighted by Gasteiger charge is 2.34. The van der Waals surface area contributed by atoms with Gasteiger partial charge in [-0.3, -0.25) is 67.9 Å². The number of methoxy groups -OCH3 is 6. The Morgan fingerprint density at radius 2 is 0.818 bits per heavy atom. The molecule has 760 valence electrons. The Balaban J connectivity index is 0.000000139. The van der Waals surface area contributed by atoms with Crippen molar-refractivity contribution < 1.29 is 76.8 Å². The first-order valence-electron chi connectivity index (χ1n) is 47.0. The van der Waals surface area contributed by atoms with Gasteiger partial charge in [0.05, 0.1) is 131 Å². The molecule has 2 aliphatic rings. The first-order chi connectivity index (χ1) is 71.7. The van der Waals surface area contributed by atoms with Crippen LogP contribution in [0.2, 0.25) is 0 Å². The highest BCUT2D eigenvalue weighted by Crippen LogP contribution is 2.36. The second-order valence-electron chi connectivity index (χ2n) is 34.4. The summed E-state index contributed by atoms with van der Waals surface area (Å²) in [6, 6.07) is 67.3. The SMILES string of the molecule is COc1cc2c(=O)ccn(CCn3cc(Br)ccc3=O)c2cc1OC.COc1ccc2c(OCC(C)(C)n3cc(NC(=O)c4ccccc4)ccc3=O)ccnc2c1.COc1ccc2c(OCCn3cc(N4C(=O)CC[C@@H]4CO)ccc3=O)ccnc2c1.COc1ccc2c(OCCn3cc(N4CC[C@H](O)C4=O)ccc3=O)ccnc2c1.COc1ccc2c(OCCn3cc(NC(=O)c4ccccc4)ccc3=O)ccnc2c1.